The van der Waals surface area contributed by atoms with Gasteiger partial charge >= 0.3 is 0 Å². The van der Waals surface area contributed by atoms with Gasteiger partial charge < -0.3 is 0 Å². The van der Waals surface area contributed by atoms with E-state index in [1.807, 2.05) is 12.1 Å². The minimum absolute atomic E-state index is 0.565. The van der Waals surface area contributed by atoms with Crippen molar-refractivity contribution in [3.8, 4) is 0 Å². The molecule has 0 unspecified atom stereocenters. The Hall–Kier alpha value is -1.02. The van der Waals surface area contributed by atoms with Gasteiger partial charge in [0.25, 0.3) is 5.84 Å². The Labute approximate surface area is 115 Å². The van der Waals surface area contributed by atoms with Crippen LogP contribution < -0.4 is 4.90 Å². The largest absolute Gasteiger partial charge is 0.263 e. The van der Waals surface area contributed by atoms with Gasteiger partial charge in [-0.25, -0.2) is 4.90 Å². The summed E-state index contributed by atoms with van der Waals surface area (Å²) in [5, 5.41) is 0.800. The second kappa shape index (κ2) is 5.75. The Kier molecular flexibility index (Phi) is 4.28. The van der Waals surface area contributed by atoms with Crippen molar-refractivity contribution in [3.05, 3.63) is 29.3 Å². The highest BCUT2D eigenvalue weighted by molar-refractivity contribution is 6.30. The van der Waals surface area contributed by atoms with Crippen LogP contribution >= 0.6 is 11.6 Å². The maximum atomic E-state index is 5.96. The zero-order valence-corrected chi connectivity index (χ0v) is 12.2. The third-order valence-corrected chi connectivity index (χ3v) is 3.75. The number of anilines is 1. The molecule has 0 fully saturated rings. The van der Waals surface area contributed by atoms with Gasteiger partial charge in [0.2, 0.25) is 0 Å². The summed E-state index contributed by atoms with van der Waals surface area (Å²) in [5.74, 6) is 1.43. The van der Waals surface area contributed by atoms with Gasteiger partial charge in [0, 0.05) is 17.9 Å². The average molecular weight is 266 g/mol. The smallest absolute Gasteiger partial charge is 0.251 e. The molecule has 98 valence electrons. The average Bonchev–Trinajstić information content (AvgIpc) is 2.38. The van der Waals surface area contributed by atoms with Gasteiger partial charge in [-0.2, -0.15) is 0 Å². The zero-order chi connectivity index (χ0) is 13.1. The monoisotopic (exact) mass is 265 g/mol. The molecule has 3 heteroatoms. The number of nitrogens with zero attached hydrogens (tertiary/aromatic N) is 2. The maximum absolute atomic E-state index is 5.96. The van der Waals surface area contributed by atoms with Crippen molar-refractivity contribution >= 4 is 23.1 Å². The summed E-state index contributed by atoms with van der Waals surface area (Å²) >= 11 is 5.96. The fraction of sp³-hybridized carbons (Fsp3) is 0.533. The second-order valence-electron chi connectivity index (χ2n) is 5.04. The van der Waals surface area contributed by atoms with E-state index in [-0.39, 0.29) is 0 Å². The molecule has 2 nitrogen and oxygen atoms in total. The first kappa shape index (κ1) is 13.4. The highest BCUT2D eigenvalue weighted by Crippen LogP contribution is 2.21. The van der Waals surface area contributed by atoms with Crippen LogP contribution in [0.25, 0.3) is 0 Å². The summed E-state index contributed by atoms with van der Waals surface area (Å²) in [6, 6.07) is 8.73. The molecule has 0 aliphatic carbocycles. The highest BCUT2D eigenvalue weighted by atomic mass is 35.5. The van der Waals surface area contributed by atoms with E-state index in [1.54, 1.807) is 0 Å². The van der Waals surface area contributed by atoms with Crippen LogP contribution in [0.3, 0.4) is 0 Å². The Balaban J connectivity index is 2.37. The molecule has 0 saturated carbocycles. The van der Waals surface area contributed by atoms with E-state index >= 15 is 0 Å². The molecule has 18 heavy (non-hydrogen) atoms. The molecule has 2 rings (SSSR count). The van der Waals surface area contributed by atoms with Crippen molar-refractivity contribution in [2.75, 3.05) is 18.0 Å². The lowest BCUT2D eigenvalue weighted by atomic mass is 10.2. The number of hydrogen-bond acceptors (Lipinski definition) is 1. The molecule has 1 heterocycles. The van der Waals surface area contributed by atoms with E-state index in [9.17, 15) is 0 Å². The number of rotatable bonds is 3. The van der Waals surface area contributed by atoms with Crippen molar-refractivity contribution in [1.29, 1.82) is 0 Å². The molecule has 1 aliphatic rings. The van der Waals surface area contributed by atoms with Crippen LogP contribution in [0.2, 0.25) is 5.02 Å². The van der Waals surface area contributed by atoms with Crippen molar-refractivity contribution in [1.82, 2.24) is 0 Å². The van der Waals surface area contributed by atoms with E-state index in [2.05, 4.69) is 42.4 Å². The summed E-state index contributed by atoms with van der Waals surface area (Å²) in [7, 11) is 0. The number of halogens is 1. The summed E-state index contributed by atoms with van der Waals surface area (Å²) in [5.41, 5.74) is 1.25. The zero-order valence-electron chi connectivity index (χ0n) is 11.5. The fourth-order valence-corrected chi connectivity index (χ4v) is 2.79. The molecular formula is C15H22ClN2+. The third kappa shape index (κ3) is 2.69. The number of amidine groups is 1. The Morgan fingerprint density at radius 3 is 2.50 bits per heavy atom. The van der Waals surface area contributed by atoms with Crippen LogP contribution in [-0.4, -0.2) is 29.5 Å². The Morgan fingerprint density at radius 1 is 1.28 bits per heavy atom. The predicted octanol–water partition coefficient (Wildman–Crippen LogP) is 3.78. The van der Waals surface area contributed by atoms with E-state index in [1.165, 1.54) is 24.5 Å². The standard InChI is InChI=1S/C15H22ClN2/c1-4-15-17(12(2)3)10-5-11-18(15)14-8-6-13(16)7-9-14/h6-9,12H,4-5,10-11H2,1-3H3/q+1. The van der Waals surface area contributed by atoms with Crippen LogP contribution in [0.15, 0.2) is 24.3 Å². The Morgan fingerprint density at radius 2 is 1.94 bits per heavy atom. The molecule has 0 spiro atoms. The third-order valence-electron chi connectivity index (χ3n) is 3.50. The van der Waals surface area contributed by atoms with Crippen LogP contribution in [0.4, 0.5) is 5.69 Å². The summed E-state index contributed by atoms with van der Waals surface area (Å²) in [4.78, 5) is 2.43. The van der Waals surface area contributed by atoms with E-state index < -0.39 is 0 Å². The molecule has 1 aromatic rings. The van der Waals surface area contributed by atoms with Crippen molar-refractivity contribution < 1.29 is 4.58 Å². The lowest BCUT2D eigenvalue weighted by molar-refractivity contribution is -0.563. The molecular weight excluding hydrogens is 244 g/mol. The molecule has 0 saturated heterocycles. The van der Waals surface area contributed by atoms with Crippen LogP contribution in [0.1, 0.15) is 33.6 Å². The highest BCUT2D eigenvalue weighted by Gasteiger charge is 2.28. The predicted molar refractivity (Wildman–Crippen MR) is 79.0 cm³/mol. The van der Waals surface area contributed by atoms with Gasteiger partial charge in [-0.05, 0) is 38.1 Å². The molecule has 0 radical (unpaired) electrons. The van der Waals surface area contributed by atoms with Gasteiger partial charge in [0.05, 0.1) is 19.1 Å². The molecule has 0 aromatic heterocycles. The van der Waals surface area contributed by atoms with E-state index in [0.717, 1.165) is 18.0 Å². The van der Waals surface area contributed by atoms with Crippen molar-refractivity contribution in [2.45, 2.75) is 39.7 Å². The Bertz CT molecular complexity index is 434. The van der Waals surface area contributed by atoms with Gasteiger partial charge in [-0.15, -0.1) is 0 Å². The molecule has 0 atom stereocenters. The van der Waals surface area contributed by atoms with Crippen LogP contribution in [0, 0.1) is 0 Å². The molecule has 0 N–H and O–H groups in total. The lowest BCUT2D eigenvalue weighted by Gasteiger charge is -2.28. The van der Waals surface area contributed by atoms with Crippen molar-refractivity contribution in [3.63, 3.8) is 0 Å². The van der Waals surface area contributed by atoms with Gasteiger partial charge in [0.15, 0.2) is 0 Å². The minimum atomic E-state index is 0.565. The van der Waals surface area contributed by atoms with E-state index in [4.69, 9.17) is 11.6 Å². The fourth-order valence-electron chi connectivity index (χ4n) is 2.66. The first-order valence-corrected chi connectivity index (χ1v) is 7.17. The number of benzene rings is 1. The topological polar surface area (TPSA) is 6.25 Å². The second-order valence-corrected chi connectivity index (χ2v) is 5.47. The summed E-state index contributed by atoms with van der Waals surface area (Å²) in [6.45, 7) is 9.04. The van der Waals surface area contributed by atoms with Gasteiger partial charge in [0.1, 0.15) is 5.69 Å². The molecule has 0 bridgehead atoms. The molecule has 1 aliphatic heterocycles. The number of hydrogen-bond donors (Lipinski definition) is 0. The van der Waals surface area contributed by atoms with Gasteiger partial charge in [-0.1, -0.05) is 18.5 Å². The van der Waals surface area contributed by atoms with Crippen LogP contribution in [-0.2, 0) is 0 Å². The van der Waals surface area contributed by atoms with Crippen LogP contribution in [0.5, 0.6) is 0 Å². The van der Waals surface area contributed by atoms with Gasteiger partial charge in [-0.3, -0.25) is 4.58 Å². The molecule has 0 amide bonds. The maximum Gasteiger partial charge on any atom is 0.251 e. The summed E-state index contributed by atoms with van der Waals surface area (Å²) < 4.78 is 2.51. The first-order chi connectivity index (χ1) is 8.63. The van der Waals surface area contributed by atoms with Crippen molar-refractivity contribution in [2.24, 2.45) is 0 Å². The molecule has 1 aromatic carbocycles. The van der Waals surface area contributed by atoms with E-state index in [0.29, 0.717) is 6.04 Å². The quantitative estimate of drug-likeness (QED) is 0.754. The first-order valence-electron chi connectivity index (χ1n) is 6.79. The SMILES string of the molecule is CCC1=[N+](C(C)C)CCCN1c1ccc(Cl)cc1. The normalized spacial score (nSPS) is 16.6. The summed E-state index contributed by atoms with van der Waals surface area (Å²) in [6.07, 6.45) is 2.28. The minimum Gasteiger partial charge on any atom is -0.263 e. The lowest BCUT2D eigenvalue weighted by Crippen LogP contribution is -2.46.